The second-order valence-electron chi connectivity index (χ2n) is 5.48. The van der Waals surface area contributed by atoms with E-state index in [9.17, 15) is 4.79 Å². The summed E-state index contributed by atoms with van der Waals surface area (Å²) in [5.74, 6) is 0.645. The third-order valence-corrected chi connectivity index (χ3v) is 2.42. The van der Waals surface area contributed by atoms with E-state index in [1.54, 1.807) is 27.8 Å². The average Bonchev–Trinajstić information content (AvgIpc) is 2.34. The lowest BCUT2D eigenvalue weighted by molar-refractivity contribution is 0.0439. The van der Waals surface area contributed by atoms with E-state index in [-0.39, 0.29) is 0 Å². The van der Waals surface area contributed by atoms with Gasteiger partial charge in [0.2, 0.25) is 0 Å². The molecule has 1 fully saturated rings. The van der Waals surface area contributed by atoms with Crippen molar-refractivity contribution in [3.63, 3.8) is 0 Å². The zero-order valence-corrected chi connectivity index (χ0v) is 12.7. The third-order valence-electron chi connectivity index (χ3n) is 2.42. The number of morpholine rings is 1. The first-order valence-electron chi connectivity index (χ1n) is 6.56. The van der Waals surface area contributed by atoms with E-state index in [1.807, 2.05) is 4.90 Å². The van der Waals surface area contributed by atoms with Gasteiger partial charge in [-0.3, -0.25) is 5.01 Å². The molecule has 0 unspecified atom stereocenters. The smallest absolute Gasteiger partial charge is 0.426 e. The number of carbonyl (C=O) groups excluding carboxylic acids is 1. The number of aliphatic imine (C=N–C) groups is 1. The second-order valence-corrected chi connectivity index (χ2v) is 5.48. The highest BCUT2D eigenvalue weighted by Crippen LogP contribution is 2.07. The third kappa shape index (κ3) is 6.42. The van der Waals surface area contributed by atoms with E-state index in [1.165, 1.54) is 11.3 Å². The molecule has 1 N–H and O–H groups in total. The highest BCUT2D eigenvalue weighted by atomic mass is 16.6. The van der Waals surface area contributed by atoms with Crippen LogP contribution in [0.4, 0.5) is 4.79 Å². The van der Waals surface area contributed by atoms with E-state index in [0.29, 0.717) is 19.0 Å². The molecule has 0 aromatic heterocycles. The van der Waals surface area contributed by atoms with E-state index >= 15 is 0 Å². The molecule has 7 heteroatoms. The van der Waals surface area contributed by atoms with Gasteiger partial charge < -0.3 is 14.4 Å². The summed E-state index contributed by atoms with van der Waals surface area (Å²) >= 11 is 0. The van der Waals surface area contributed by atoms with Crippen molar-refractivity contribution >= 4 is 12.4 Å². The molecule has 0 radical (unpaired) electrons. The Morgan fingerprint density at radius 2 is 2.05 bits per heavy atom. The maximum Gasteiger partial charge on any atom is 0.426 e. The summed E-state index contributed by atoms with van der Waals surface area (Å²) in [5.41, 5.74) is 2.00. The normalized spacial score (nSPS) is 16.1. The molecule has 0 aromatic rings. The molecule has 0 aliphatic carbocycles. The summed E-state index contributed by atoms with van der Waals surface area (Å²) in [6.45, 7) is 12.2. The van der Waals surface area contributed by atoms with Crippen LogP contribution >= 0.6 is 0 Å². The SMILES string of the molecule is C=C(/N=C\N(C)NC(=O)OC(C)(C)C)N1CCOCC1. The van der Waals surface area contributed by atoms with Crippen molar-refractivity contribution in [3.05, 3.63) is 12.4 Å². The molecule has 0 atom stereocenters. The van der Waals surface area contributed by atoms with Crippen LogP contribution in [0.3, 0.4) is 0 Å². The molecule has 0 saturated carbocycles. The Morgan fingerprint density at radius 1 is 1.45 bits per heavy atom. The van der Waals surface area contributed by atoms with Crippen molar-refractivity contribution in [2.45, 2.75) is 26.4 Å². The van der Waals surface area contributed by atoms with Crippen LogP contribution in [0.5, 0.6) is 0 Å². The number of hydrogen-bond acceptors (Lipinski definition) is 5. The number of nitrogens with one attached hydrogen (secondary N) is 1. The van der Waals surface area contributed by atoms with Crippen molar-refractivity contribution < 1.29 is 14.3 Å². The molecule has 1 heterocycles. The van der Waals surface area contributed by atoms with Crippen LogP contribution in [0.2, 0.25) is 0 Å². The lowest BCUT2D eigenvalue weighted by atomic mass is 10.2. The fourth-order valence-corrected chi connectivity index (χ4v) is 1.53. The molecule has 1 aliphatic rings. The number of ether oxygens (including phenoxy) is 2. The van der Waals surface area contributed by atoms with Crippen LogP contribution in [0.1, 0.15) is 20.8 Å². The molecule has 1 aliphatic heterocycles. The summed E-state index contributed by atoms with van der Waals surface area (Å²) in [4.78, 5) is 17.8. The second kappa shape index (κ2) is 7.14. The zero-order valence-electron chi connectivity index (χ0n) is 12.7. The first-order chi connectivity index (χ1) is 9.28. The molecule has 0 spiro atoms. The average molecular weight is 284 g/mol. The number of hydrazine groups is 1. The van der Waals surface area contributed by atoms with Crippen LogP contribution in [-0.4, -0.2) is 61.3 Å². The predicted molar refractivity (Wildman–Crippen MR) is 77.2 cm³/mol. The van der Waals surface area contributed by atoms with Gasteiger partial charge >= 0.3 is 6.09 Å². The van der Waals surface area contributed by atoms with Crippen LogP contribution in [-0.2, 0) is 9.47 Å². The molecule has 1 amide bonds. The van der Waals surface area contributed by atoms with Gasteiger partial charge in [0.05, 0.1) is 13.2 Å². The number of nitrogens with zero attached hydrogens (tertiary/aromatic N) is 3. The van der Waals surface area contributed by atoms with Gasteiger partial charge in [0.15, 0.2) is 0 Å². The van der Waals surface area contributed by atoms with Crippen LogP contribution in [0.15, 0.2) is 17.4 Å². The summed E-state index contributed by atoms with van der Waals surface area (Å²) in [6.07, 6.45) is 0.963. The number of amides is 1. The van der Waals surface area contributed by atoms with Crippen molar-refractivity contribution in [1.82, 2.24) is 15.3 Å². The minimum absolute atomic E-state index is 0.525. The quantitative estimate of drug-likeness (QED) is 0.477. The van der Waals surface area contributed by atoms with Crippen molar-refractivity contribution in [2.24, 2.45) is 4.99 Å². The Balaban J connectivity index is 2.37. The maximum absolute atomic E-state index is 11.5. The molecular weight excluding hydrogens is 260 g/mol. The van der Waals surface area contributed by atoms with E-state index in [0.717, 1.165) is 13.1 Å². The summed E-state index contributed by atoms with van der Waals surface area (Å²) in [7, 11) is 1.67. The van der Waals surface area contributed by atoms with Gasteiger partial charge in [-0.25, -0.2) is 15.2 Å². The first-order valence-corrected chi connectivity index (χ1v) is 6.56. The lowest BCUT2D eigenvalue weighted by Gasteiger charge is -2.28. The van der Waals surface area contributed by atoms with Gasteiger partial charge in [0.1, 0.15) is 17.8 Å². The predicted octanol–water partition coefficient (Wildman–Crippen LogP) is 1.19. The lowest BCUT2D eigenvalue weighted by Crippen LogP contribution is -2.42. The van der Waals surface area contributed by atoms with E-state index < -0.39 is 11.7 Å². The number of rotatable bonds is 4. The molecule has 1 saturated heterocycles. The van der Waals surface area contributed by atoms with Crippen molar-refractivity contribution in [2.75, 3.05) is 33.4 Å². The Hall–Kier alpha value is -1.76. The fourth-order valence-electron chi connectivity index (χ4n) is 1.53. The van der Waals surface area contributed by atoms with Gasteiger partial charge in [0, 0.05) is 20.1 Å². The minimum atomic E-state index is -0.528. The molecular formula is C13H24N4O3. The van der Waals surface area contributed by atoms with Crippen LogP contribution < -0.4 is 5.43 Å². The summed E-state index contributed by atoms with van der Waals surface area (Å²) < 4.78 is 10.4. The maximum atomic E-state index is 11.5. The van der Waals surface area contributed by atoms with Crippen molar-refractivity contribution in [3.8, 4) is 0 Å². The molecule has 7 nitrogen and oxygen atoms in total. The molecule has 114 valence electrons. The Kier molecular flexibility index (Phi) is 5.82. The Labute approximate surface area is 120 Å². The van der Waals surface area contributed by atoms with Gasteiger partial charge in [-0.15, -0.1) is 0 Å². The van der Waals surface area contributed by atoms with E-state index in [2.05, 4.69) is 17.0 Å². The fraction of sp³-hybridized carbons (Fsp3) is 0.692. The number of hydrogen-bond donors (Lipinski definition) is 1. The highest BCUT2D eigenvalue weighted by molar-refractivity contribution is 5.70. The van der Waals surface area contributed by atoms with E-state index in [4.69, 9.17) is 9.47 Å². The molecule has 0 bridgehead atoms. The summed E-state index contributed by atoms with van der Waals surface area (Å²) in [6, 6.07) is 0. The molecule has 1 rings (SSSR count). The van der Waals surface area contributed by atoms with Gasteiger partial charge in [0.25, 0.3) is 0 Å². The highest BCUT2D eigenvalue weighted by Gasteiger charge is 2.16. The molecule has 20 heavy (non-hydrogen) atoms. The Morgan fingerprint density at radius 3 is 2.60 bits per heavy atom. The first kappa shape index (κ1) is 16.3. The van der Waals surface area contributed by atoms with Crippen molar-refractivity contribution in [1.29, 1.82) is 0 Å². The Bertz CT molecular complexity index is 370. The summed E-state index contributed by atoms with van der Waals surface area (Å²) in [5, 5.41) is 1.43. The largest absolute Gasteiger partial charge is 0.443 e. The topological polar surface area (TPSA) is 66.4 Å². The van der Waals surface area contributed by atoms with Gasteiger partial charge in [-0.05, 0) is 20.8 Å². The van der Waals surface area contributed by atoms with Crippen LogP contribution in [0.25, 0.3) is 0 Å². The van der Waals surface area contributed by atoms with Gasteiger partial charge in [-0.1, -0.05) is 6.58 Å². The molecule has 0 aromatic carbocycles. The monoisotopic (exact) mass is 284 g/mol. The van der Waals surface area contributed by atoms with Gasteiger partial charge in [-0.2, -0.15) is 0 Å². The standard InChI is InChI=1S/C13H24N4O3/c1-11(17-6-8-19-9-7-17)14-10-16(5)15-12(18)20-13(2,3)4/h10H,1,6-9H2,2-5H3,(H,15,18)/b14-10-. The number of carbonyl (C=O) groups is 1. The van der Waals surface area contributed by atoms with Crippen LogP contribution in [0, 0.1) is 0 Å². The zero-order chi connectivity index (χ0) is 15.2. The minimum Gasteiger partial charge on any atom is -0.443 e.